The van der Waals surface area contributed by atoms with E-state index in [9.17, 15) is 0 Å². The fourth-order valence-electron chi connectivity index (χ4n) is 2.19. The molecule has 0 aliphatic rings. The minimum Gasteiger partial charge on any atom is -0.0843 e. The van der Waals surface area contributed by atoms with Crippen LogP contribution < -0.4 is 0 Å². The lowest BCUT2D eigenvalue weighted by molar-refractivity contribution is 1.57. The summed E-state index contributed by atoms with van der Waals surface area (Å²) in [6.45, 7) is 0. The van der Waals surface area contributed by atoms with E-state index in [0.29, 0.717) is 0 Å². The zero-order valence-corrected chi connectivity index (χ0v) is 13.0. The molecule has 0 fully saturated rings. The molecule has 0 unspecified atom stereocenters. The van der Waals surface area contributed by atoms with Crippen LogP contribution in [0.4, 0.5) is 0 Å². The molecular formula is C18H12BrCl. The number of hydrogen-bond donors (Lipinski definition) is 0. The Bertz CT molecular complexity index is 718. The van der Waals surface area contributed by atoms with Crippen LogP contribution in [0.15, 0.2) is 77.3 Å². The van der Waals surface area contributed by atoms with E-state index in [2.05, 4.69) is 64.5 Å². The van der Waals surface area contributed by atoms with Gasteiger partial charge in [0.25, 0.3) is 0 Å². The molecule has 0 saturated carbocycles. The molecule has 0 nitrogen and oxygen atoms in total. The highest BCUT2D eigenvalue weighted by atomic mass is 79.9. The van der Waals surface area contributed by atoms with Gasteiger partial charge in [0.05, 0.1) is 0 Å². The van der Waals surface area contributed by atoms with Crippen LogP contribution in [0.2, 0.25) is 5.02 Å². The Labute approximate surface area is 132 Å². The summed E-state index contributed by atoms with van der Waals surface area (Å²) < 4.78 is 1.05. The van der Waals surface area contributed by atoms with Crippen molar-refractivity contribution in [3.05, 3.63) is 82.3 Å². The second-order valence-electron chi connectivity index (χ2n) is 4.57. The fraction of sp³-hybridized carbons (Fsp3) is 0. The maximum atomic E-state index is 6.07. The number of rotatable bonds is 2. The summed E-state index contributed by atoms with van der Waals surface area (Å²) in [6.07, 6.45) is 0. The maximum Gasteiger partial charge on any atom is 0.0412 e. The number of benzene rings is 3. The van der Waals surface area contributed by atoms with Gasteiger partial charge in [0, 0.05) is 9.50 Å². The smallest absolute Gasteiger partial charge is 0.0412 e. The molecule has 2 heteroatoms. The molecule has 0 radical (unpaired) electrons. The van der Waals surface area contributed by atoms with Crippen LogP contribution in [0.3, 0.4) is 0 Å². The summed E-state index contributed by atoms with van der Waals surface area (Å²) in [5.74, 6) is 0. The quantitative estimate of drug-likeness (QED) is 0.502. The van der Waals surface area contributed by atoms with Gasteiger partial charge in [-0.15, -0.1) is 0 Å². The van der Waals surface area contributed by atoms with Gasteiger partial charge in [0.2, 0.25) is 0 Å². The monoisotopic (exact) mass is 342 g/mol. The van der Waals surface area contributed by atoms with Crippen molar-refractivity contribution in [2.75, 3.05) is 0 Å². The molecule has 0 saturated heterocycles. The van der Waals surface area contributed by atoms with Crippen molar-refractivity contribution in [3.8, 4) is 22.3 Å². The highest BCUT2D eigenvalue weighted by Gasteiger charge is 2.04. The van der Waals surface area contributed by atoms with Crippen molar-refractivity contribution in [2.24, 2.45) is 0 Å². The molecule has 0 amide bonds. The van der Waals surface area contributed by atoms with Gasteiger partial charge in [0.1, 0.15) is 0 Å². The second kappa shape index (κ2) is 5.82. The third-order valence-corrected chi connectivity index (χ3v) is 4.16. The van der Waals surface area contributed by atoms with Gasteiger partial charge in [0.15, 0.2) is 0 Å². The third kappa shape index (κ3) is 2.79. The van der Waals surface area contributed by atoms with Crippen LogP contribution in [0.1, 0.15) is 0 Å². The Hall–Kier alpha value is -1.57. The molecule has 0 aliphatic carbocycles. The van der Waals surface area contributed by atoms with Crippen LogP contribution >= 0.6 is 27.5 Å². The van der Waals surface area contributed by atoms with Crippen molar-refractivity contribution < 1.29 is 0 Å². The predicted octanol–water partition coefficient (Wildman–Crippen LogP) is 6.44. The zero-order chi connectivity index (χ0) is 13.9. The van der Waals surface area contributed by atoms with Gasteiger partial charge < -0.3 is 0 Å². The highest BCUT2D eigenvalue weighted by Crippen LogP contribution is 2.32. The summed E-state index contributed by atoms with van der Waals surface area (Å²) in [5, 5.41) is 0.746. The molecular weight excluding hydrogens is 332 g/mol. The van der Waals surface area contributed by atoms with Crippen molar-refractivity contribution in [2.45, 2.75) is 0 Å². The Balaban J connectivity index is 2.00. The molecule has 20 heavy (non-hydrogen) atoms. The number of hydrogen-bond acceptors (Lipinski definition) is 0. The highest BCUT2D eigenvalue weighted by molar-refractivity contribution is 9.10. The van der Waals surface area contributed by atoms with Crippen molar-refractivity contribution in [3.63, 3.8) is 0 Å². The Morgan fingerprint density at radius 1 is 0.650 bits per heavy atom. The molecule has 0 heterocycles. The normalized spacial score (nSPS) is 10.5. The molecule has 3 aromatic rings. The minimum absolute atomic E-state index is 0.746. The Kier molecular flexibility index (Phi) is 3.90. The topological polar surface area (TPSA) is 0 Å². The molecule has 0 atom stereocenters. The second-order valence-corrected chi connectivity index (χ2v) is 5.86. The van der Waals surface area contributed by atoms with Crippen molar-refractivity contribution in [1.29, 1.82) is 0 Å². The van der Waals surface area contributed by atoms with E-state index >= 15 is 0 Å². The molecule has 98 valence electrons. The largest absolute Gasteiger partial charge is 0.0843 e. The zero-order valence-electron chi connectivity index (χ0n) is 10.7. The molecule has 0 N–H and O–H groups in total. The van der Waals surface area contributed by atoms with Gasteiger partial charge >= 0.3 is 0 Å². The average Bonchev–Trinajstić information content (AvgIpc) is 2.51. The standard InChI is InChI=1S/C18H12BrCl/c19-18-11-10-16(20)12-17(18)15-8-6-14(7-9-15)13-4-2-1-3-5-13/h1-12H. The van der Waals surface area contributed by atoms with Crippen LogP contribution in [-0.4, -0.2) is 0 Å². The molecule has 3 rings (SSSR count). The van der Waals surface area contributed by atoms with Crippen LogP contribution in [-0.2, 0) is 0 Å². The first-order valence-corrected chi connectivity index (χ1v) is 7.52. The van der Waals surface area contributed by atoms with E-state index in [1.54, 1.807) is 0 Å². The van der Waals surface area contributed by atoms with Crippen LogP contribution in [0.5, 0.6) is 0 Å². The summed E-state index contributed by atoms with van der Waals surface area (Å²) in [7, 11) is 0. The van der Waals surface area contributed by atoms with Gasteiger partial charge in [-0.05, 0) is 40.5 Å². The average molecular weight is 344 g/mol. The minimum atomic E-state index is 0.746. The summed E-state index contributed by atoms with van der Waals surface area (Å²) in [6, 6.07) is 24.7. The van der Waals surface area contributed by atoms with Crippen LogP contribution in [0, 0.1) is 0 Å². The van der Waals surface area contributed by atoms with E-state index in [-0.39, 0.29) is 0 Å². The van der Waals surface area contributed by atoms with Crippen LogP contribution in [0.25, 0.3) is 22.3 Å². The maximum absolute atomic E-state index is 6.07. The molecule has 0 aromatic heterocycles. The molecule has 0 spiro atoms. The van der Waals surface area contributed by atoms with Gasteiger partial charge in [-0.25, -0.2) is 0 Å². The van der Waals surface area contributed by atoms with Crippen molar-refractivity contribution in [1.82, 2.24) is 0 Å². The number of halogens is 2. The molecule has 3 aromatic carbocycles. The summed E-state index contributed by atoms with van der Waals surface area (Å²) in [4.78, 5) is 0. The third-order valence-electron chi connectivity index (χ3n) is 3.23. The van der Waals surface area contributed by atoms with Gasteiger partial charge in [-0.1, -0.05) is 82.1 Å². The SMILES string of the molecule is Clc1ccc(Br)c(-c2ccc(-c3ccccc3)cc2)c1. The first-order chi connectivity index (χ1) is 9.74. The summed E-state index contributed by atoms with van der Waals surface area (Å²) in [5.41, 5.74) is 4.70. The lowest BCUT2D eigenvalue weighted by atomic mass is 10.0. The van der Waals surface area contributed by atoms with E-state index in [4.69, 9.17) is 11.6 Å². The molecule has 0 aliphatic heterocycles. The first-order valence-electron chi connectivity index (χ1n) is 6.35. The van der Waals surface area contributed by atoms with E-state index in [1.165, 1.54) is 11.1 Å². The fourth-order valence-corrected chi connectivity index (χ4v) is 2.84. The van der Waals surface area contributed by atoms with E-state index < -0.39 is 0 Å². The molecule has 0 bridgehead atoms. The lowest BCUT2D eigenvalue weighted by Gasteiger charge is -2.07. The van der Waals surface area contributed by atoms with E-state index in [1.807, 2.05) is 24.3 Å². The Morgan fingerprint density at radius 3 is 1.95 bits per heavy atom. The first kappa shape index (κ1) is 13.4. The van der Waals surface area contributed by atoms with Gasteiger partial charge in [-0.2, -0.15) is 0 Å². The predicted molar refractivity (Wildman–Crippen MR) is 90.0 cm³/mol. The Morgan fingerprint density at radius 2 is 1.25 bits per heavy atom. The van der Waals surface area contributed by atoms with Gasteiger partial charge in [-0.3, -0.25) is 0 Å². The lowest BCUT2D eigenvalue weighted by Crippen LogP contribution is -1.82. The van der Waals surface area contributed by atoms with E-state index in [0.717, 1.165) is 20.6 Å². The van der Waals surface area contributed by atoms with Crippen molar-refractivity contribution >= 4 is 27.5 Å². The summed E-state index contributed by atoms with van der Waals surface area (Å²) >= 11 is 9.64.